The number of carboxylic acid groups (broad SMARTS) is 1. The van der Waals surface area contributed by atoms with E-state index in [0.29, 0.717) is 135 Å². The Bertz CT molecular complexity index is 2070. The Hall–Kier alpha value is -6.19. The second kappa shape index (κ2) is 26.8. The molecule has 3 aromatic rings. The summed E-state index contributed by atoms with van der Waals surface area (Å²) < 4.78 is 19.8. The highest BCUT2D eigenvalue weighted by atomic mass is 16.5. The van der Waals surface area contributed by atoms with E-state index in [2.05, 4.69) is 55.6 Å². The van der Waals surface area contributed by atoms with Crippen molar-refractivity contribution >= 4 is 41.6 Å². The van der Waals surface area contributed by atoms with E-state index in [1.54, 1.807) is 15.6 Å². The standard InChI is InChI=1S/C43H69N17O7/c1-6-23-65-25-27-67-28-26-66-24-14-47-41-48-42(57-19-15-55(16-20-57)38(63)36(31(4)7-2)59-29-33(51-53-59)10-9-13-46-40(44)45)50-43(49-41)58-21-17-56(18-22-58)39(64)37(32(5)8-3)60-30-34(52-54-60)11-12-35(61)62/h1,29-32,36-37H,7-28H2,2-5H3,(H,61,62)(H4,44,45,46)(H,47,48,49,50)/t31-,32-,36-,37-/m0/s1. The van der Waals surface area contributed by atoms with Gasteiger partial charge in [-0.3, -0.25) is 19.4 Å². The number of piperazine rings is 2. The lowest BCUT2D eigenvalue weighted by atomic mass is 9.97. The molecule has 0 saturated carbocycles. The zero-order valence-electron chi connectivity index (χ0n) is 39.4. The number of aliphatic imine (C=N–C) groups is 1. The Labute approximate surface area is 392 Å². The fourth-order valence-electron chi connectivity index (χ4n) is 7.66. The van der Waals surface area contributed by atoms with Crippen LogP contribution in [0.2, 0.25) is 0 Å². The van der Waals surface area contributed by atoms with Crippen LogP contribution >= 0.6 is 0 Å². The van der Waals surface area contributed by atoms with E-state index in [9.17, 15) is 14.4 Å². The zero-order chi connectivity index (χ0) is 48.1. The average molecular weight is 936 g/mol. The molecule has 0 unspecified atom stereocenters. The molecule has 0 bridgehead atoms. The van der Waals surface area contributed by atoms with Gasteiger partial charge in [-0.15, -0.1) is 16.6 Å². The van der Waals surface area contributed by atoms with Gasteiger partial charge in [0, 0.05) is 84.3 Å². The lowest BCUT2D eigenvalue weighted by Crippen LogP contribution is -2.52. The van der Waals surface area contributed by atoms with Gasteiger partial charge in [0.05, 0.1) is 50.8 Å². The number of carbonyl (C=O) groups excluding carboxylic acids is 2. The highest BCUT2D eigenvalue weighted by molar-refractivity contribution is 5.81. The molecule has 2 aliphatic rings. The molecule has 3 aromatic heterocycles. The van der Waals surface area contributed by atoms with E-state index < -0.39 is 18.1 Å². The first-order valence-electron chi connectivity index (χ1n) is 23.2. The Morgan fingerprint density at radius 2 is 1.25 bits per heavy atom. The number of hydrogen-bond acceptors (Lipinski definition) is 17. The number of nitrogens with zero attached hydrogens (tertiary/aromatic N) is 14. The summed E-state index contributed by atoms with van der Waals surface area (Å²) in [6.07, 6.45) is 11.7. The number of carboxylic acids is 1. The average Bonchev–Trinajstić information content (AvgIpc) is 4.01. The number of terminal acetylenes is 1. The van der Waals surface area contributed by atoms with E-state index in [1.807, 2.05) is 34.7 Å². The van der Waals surface area contributed by atoms with Gasteiger partial charge in [0.2, 0.25) is 29.7 Å². The summed E-state index contributed by atoms with van der Waals surface area (Å²) in [5.74, 6) is 2.75. The number of amides is 2. The Morgan fingerprint density at radius 3 is 1.73 bits per heavy atom. The number of nitrogens with two attached hydrogens (primary N) is 2. The summed E-state index contributed by atoms with van der Waals surface area (Å²) in [4.78, 5) is 65.9. The smallest absolute Gasteiger partial charge is 0.303 e. The third-order valence-corrected chi connectivity index (χ3v) is 11.9. The van der Waals surface area contributed by atoms with Gasteiger partial charge in [-0.1, -0.05) is 56.9 Å². The molecule has 4 atom stereocenters. The summed E-state index contributed by atoms with van der Waals surface area (Å²) in [5, 5.41) is 29.6. The van der Waals surface area contributed by atoms with Gasteiger partial charge in [0.1, 0.15) is 18.7 Å². The normalized spacial score (nSPS) is 16.0. The quantitative estimate of drug-likeness (QED) is 0.0328. The van der Waals surface area contributed by atoms with Crippen LogP contribution in [-0.4, -0.2) is 189 Å². The van der Waals surface area contributed by atoms with E-state index in [-0.39, 0.29) is 49.1 Å². The first kappa shape index (κ1) is 51.8. The molecule has 2 fully saturated rings. The Kier molecular flexibility index (Phi) is 20.7. The number of aryl methyl sites for hydroxylation is 2. The van der Waals surface area contributed by atoms with E-state index in [4.69, 9.17) is 52.2 Å². The van der Waals surface area contributed by atoms with Crippen molar-refractivity contribution in [1.82, 2.24) is 54.7 Å². The minimum atomic E-state index is -0.921. The summed E-state index contributed by atoms with van der Waals surface area (Å²) in [6, 6.07) is -1.10. The number of ether oxygens (including phenoxy) is 3. The first-order valence-corrected chi connectivity index (χ1v) is 23.2. The first-order chi connectivity index (χ1) is 32.4. The predicted octanol–water partition coefficient (Wildman–Crippen LogP) is 0.245. The Balaban J connectivity index is 1.24. The van der Waals surface area contributed by atoms with Crippen LogP contribution in [0.25, 0.3) is 0 Å². The number of anilines is 3. The molecule has 24 nitrogen and oxygen atoms in total. The number of aliphatic carboxylic acids is 1. The molecule has 24 heteroatoms. The van der Waals surface area contributed by atoms with Crippen molar-refractivity contribution in [3.05, 3.63) is 23.8 Å². The van der Waals surface area contributed by atoms with Crippen LogP contribution < -0.4 is 26.6 Å². The van der Waals surface area contributed by atoms with Crippen LogP contribution in [-0.2, 0) is 41.4 Å². The van der Waals surface area contributed by atoms with Crippen molar-refractivity contribution in [2.45, 2.75) is 78.3 Å². The van der Waals surface area contributed by atoms with Crippen LogP contribution in [0.15, 0.2) is 17.4 Å². The summed E-state index contributed by atoms with van der Waals surface area (Å²) in [7, 11) is 0. The molecule has 0 aromatic carbocycles. The molecular weight excluding hydrogens is 867 g/mol. The summed E-state index contributed by atoms with van der Waals surface area (Å²) in [5.41, 5.74) is 12.2. The maximum Gasteiger partial charge on any atom is 0.303 e. The molecule has 6 N–H and O–H groups in total. The number of guanidine groups is 1. The van der Waals surface area contributed by atoms with Gasteiger partial charge in [-0.25, -0.2) is 9.36 Å². The van der Waals surface area contributed by atoms with Gasteiger partial charge >= 0.3 is 5.97 Å². The van der Waals surface area contributed by atoms with Crippen molar-refractivity contribution in [2.24, 2.45) is 28.3 Å². The van der Waals surface area contributed by atoms with Gasteiger partial charge in [-0.2, -0.15) is 15.0 Å². The van der Waals surface area contributed by atoms with Crippen LogP contribution in [0.1, 0.15) is 76.8 Å². The van der Waals surface area contributed by atoms with Crippen LogP contribution in [0.3, 0.4) is 0 Å². The molecule has 2 saturated heterocycles. The molecular formula is C43H69N17O7. The lowest BCUT2D eigenvalue weighted by molar-refractivity contribution is -0.138. The topological polar surface area (TPSA) is 289 Å². The molecule has 0 spiro atoms. The van der Waals surface area contributed by atoms with E-state index >= 15 is 0 Å². The minimum Gasteiger partial charge on any atom is -0.481 e. The third-order valence-electron chi connectivity index (χ3n) is 11.9. The molecule has 2 aliphatic heterocycles. The fraction of sp³-hybridized carbons (Fsp3) is 0.698. The van der Waals surface area contributed by atoms with Crippen molar-refractivity contribution in [1.29, 1.82) is 0 Å². The molecule has 5 rings (SSSR count). The van der Waals surface area contributed by atoms with Crippen molar-refractivity contribution in [3.63, 3.8) is 0 Å². The molecule has 0 radical (unpaired) electrons. The number of nitrogens with one attached hydrogen (secondary N) is 1. The maximum absolute atomic E-state index is 14.2. The fourth-order valence-corrected chi connectivity index (χ4v) is 7.66. The second-order valence-corrected chi connectivity index (χ2v) is 16.6. The Morgan fingerprint density at radius 1 is 0.761 bits per heavy atom. The van der Waals surface area contributed by atoms with E-state index in [1.165, 1.54) is 0 Å². The maximum atomic E-state index is 14.2. The van der Waals surface area contributed by atoms with Crippen LogP contribution in [0, 0.1) is 24.2 Å². The van der Waals surface area contributed by atoms with Gasteiger partial charge in [0.25, 0.3) is 0 Å². The highest BCUT2D eigenvalue weighted by Crippen LogP contribution is 2.27. The predicted molar refractivity (Wildman–Crippen MR) is 249 cm³/mol. The number of rotatable bonds is 28. The van der Waals surface area contributed by atoms with Crippen LogP contribution in [0.5, 0.6) is 0 Å². The summed E-state index contributed by atoms with van der Waals surface area (Å²) in [6.45, 7) is 15.0. The number of carbonyl (C=O) groups is 3. The SMILES string of the molecule is C#CCOCCOCCOCCNc1nc(N2CCN(C(=O)[C@H]([C@@H](C)CC)n3cc(CCCN=C(N)N)nn3)CC2)nc(N2CCN(C(=O)[C@H]([C@@H](C)CC)n3cc(CCC(=O)O)nn3)CC2)n1. The van der Waals surface area contributed by atoms with Crippen LogP contribution in [0.4, 0.5) is 17.8 Å². The third kappa shape index (κ3) is 15.7. The highest BCUT2D eigenvalue weighted by Gasteiger charge is 2.36. The van der Waals surface area contributed by atoms with E-state index in [0.717, 1.165) is 18.5 Å². The largest absolute Gasteiger partial charge is 0.481 e. The molecule has 5 heterocycles. The minimum absolute atomic E-state index is 0.0133. The monoisotopic (exact) mass is 936 g/mol. The van der Waals surface area contributed by atoms with Gasteiger partial charge < -0.3 is 55.7 Å². The lowest BCUT2D eigenvalue weighted by Gasteiger charge is -2.38. The molecule has 67 heavy (non-hydrogen) atoms. The molecule has 368 valence electrons. The van der Waals surface area contributed by atoms with Gasteiger partial charge in [-0.05, 0) is 24.7 Å². The van der Waals surface area contributed by atoms with Crippen molar-refractivity contribution < 1.29 is 33.7 Å². The zero-order valence-corrected chi connectivity index (χ0v) is 39.4. The summed E-state index contributed by atoms with van der Waals surface area (Å²) >= 11 is 0. The molecule has 0 aliphatic carbocycles. The number of aromatic nitrogens is 9. The van der Waals surface area contributed by atoms with Crippen molar-refractivity contribution in [3.8, 4) is 12.3 Å². The second-order valence-electron chi connectivity index (χ2n) is 16.6. The molecule has 2 amide bonds. The van der Waals surface area contributed by atoms with Crippen molar-refractivity contribution in [2.75, 3.05) is 120 Å². The van der Waals surface area contributed by atoms with Gasteiger partial charge in [0.15, 0.2) is 5.96 Å². The number of hydrogen-bond donors (Lipinski definition) is 4.